The second-order valence-electron chi connectivity index (χ2n) is 2.98. The zero-order chi connectivity index (χ0) is 9.30. The van der Waals surface area contributed by atoms with E-state index in [9.17, 15) is 4.79 Å². The van der Waals surface area contributed by atoms with Gasteiger partial charge >= 0.3 is 0 Å². The minimum absolute atomic E-state index is 0.106. The molecule has 1 amide bonds. The lowest BCUT2D eigenvalue weighted by Gasteiger charge is -2.04. The Kier molecular flexibility index (Phi) is 2.73. The number of halogens is 1. The van der Waals surface area contributed by atoms with Gasteiger partial charge in [-0.2, -0.15) is 0 Å². The number of allylic oxidation sites excluding steroid dienone is 1. The third-order valence-electron chi connectivity index (χ3n) is 2.07. The van der Waals surface area contributed by atoms with Crippen molar-refractivity contribution < 1.29 is 4.79 Å². The molecule has 12 heavy (non-hydrogen) atoms. The lowest BCUT2D eigenvalue weighted by molar-refractivity contribution is -0.123. The topological polar surface area (TPSA) is 20.3 Å². The highest BCUT2D eigenvalue weighted by atomic mass is 79.9. The van der Waals surface area contributed by atoms with Crippen molar-refractivity contribution in [2.24, 2.45) is 5.92 Å². The quantitative estimate of drug-likeness (QED) is 0.498. The van der Waals surface area contributed by atoms with Crippen LogP contribution < -0.4 is 0 Å². The Morgan fingerprint density at radius 2 is 2.42 bits per heavy atom. The van der Waals surface area contributed by atoms with Gasteiger partial charge in [0.05, 0.1) is 0 Å². The van der Waals surface area contributed by atoms with Crippen LogP contribution in [0.3, 0.4) is 0 Å². The fourth-order valence-electron chi connectivity index (χ4n) is 1.43. The van der Waals surface area contributed by atoms with E-state index in [1.165, 1.54) is 0 Å². The van der Waals surface area contributed by atoms with E-state index < -0.39 is 0 Å². The molecule has 0 aliphatic carbocycles. The minimum atomic E-state index is 0.106. The van der Waals surface area contributed by atoms with Gasteiger partial charge in [0.2, 0.25) is 0 Å². The van der Waals surface area contributed by atoms with Crippen molar-refractivity contribution in [1.29, 1.82) is 0 Å². The molecule has 0 aromatic carbocycles. The van der Waals surface area contributed by atoms with E-state index in [2.05, 4.69) is 22.5 Å². The van der Waals surface area contributed by atoms with Crippen LogP contribution in [0.25, 0.3) is 0 Å². The van der Waals surface area contributed by atoms with E-state index in [4.69, 9.17) is 0 Å². The lowest BCUT2D eigenvalue weighted by Crippen LogP contribution is -2.19. The van der Waals surface area contributed by atoms with E-state index in [0.29, 0.717) is 0 Å². The summed E-state index contributed by atoms with van der Waals surface area (Å²) in [4.78, 5) is 13.2. The van der Waals surface area contributed by atoms with Crippen LogP contribution in [0.1, 0.15) is 6.92 Å². The average Bonchev–Trinajstić information content (AvgIpc) is 2.28. The molecule has 0 spiro atoms. The monoisotopic (exact) mass is 229 g/mol. The second kappa shape index (κ2) is 3.44. The standard InChI is InChI=1S/C9H12BrNO/c1-4-7-5-11(3)9(12)8(7)6(2)10/h4,7H,1,5H2,2-3H3/b8-6+. The van der Waals surface area contributed by atoms with Gasteiger partial charge in [0.15, 0.2) is 0 Å². The molecule has 1 atom stereocenters. The molecule has 1 fully saturated rings. The van der Waals surface area contributed by atoms with Gasteiger partial charge in [-0.25, -0.2) is 0 Å². The molecule has 1 aliphatic rings. The zero-order valence-electron chi connectivity index (χ0n) is 7.30. The molecule has 0 saturated carbocycles. The first kappa shape index (κ1) is 9.52. The number of likely N-dealkylation sites (tertiary alicyclic amines) is 1. The van der Waals surface area contributed by atoms with Crippen molar-refractivity contribution in [2.75, 3.05) is 13.6 Å². The molecule has 0 N–H and O–H groups in total. The number of likely N-dealkylation sites (N-methyl/N-ethyl adjacent to an activating group) is 1. The summed E-state index contributed by atoms with van der Waals surface area (Å²) in [5, 5.41) is 0. The van der Waals surface area contributed by atoms with Gasteiger partial charge in [-0.15, -0.1) is 6.58 Å². The van der Waals surface area contributed by atoms with Crippen LogP contribution in [0.5, 0.6) is 0 Å². The van der Waals surface area contributed by atoms with Gasteiger partial charge in [-0.1, -0.05) is 22.0 Å². The molecule has 1 heterocycles. The third-order valence-corrected chi connectivity index (χ3v) is 2.50. The summed E-state index contributed by atoms with van der Waals surface area (Å²) in [5.41, 5.74) is 0.840. The summed E-state index contributed by atoms with van der Waals surface area (Å²) >= 11 is 3.33. The van der Waals surface area contributed by atoms with Crippen LogP contribution in [-0.2, 0) is 4.79 Å². The molecule has 0 bridgehead atoms. The Morgan fingerprint density at radius 1 is 1.83 bits per heavy atom. The van der Waals surface area contributed by atoms with Gasteiger partial charge in [-0.05, 0) is 6.92 Å². The SMILES string of the molecule is C=CC1CN(C)C(=O)/C1=C(\C)Br. The van der Waals surface area contributed by atoms with Gasteiger partial charge in [0.1, 0.15) is 0 Å². The molecule has 1 aliphatic heterocycles. The molecule has 0 aromatic rings. The normalized spacial score (nSPS) is 27.8. The smallest absolute Gasteiger partial charge is 0.251 e. The Labute approximate surface area is 81.1 Å². The van der Waals surface area contributed by atoms with Gasteiger partial charge in [-0.3, -0.25) is 4.79 Å². The molecule has 1 saturated heterocycles. The summed E-state index contributed by atoms with van der Waals surface area (Å²) in [6.45, 7) is 6.35. The number of amides is 1. The van der Waals surface area contributed by atoms with E-state index in [1.807, 2.05) is 20.0 Å². The summed E-state index contributed by atoms with van der Waals surface area (Å²) in [6, 6.07) is 0. The summed E-state index contributed by atoms with van der Waals surface area (Å²) in [6.07, 6.45) is 1.82. The molecule has 1 unspecified atom stereocenters. The minimum Gasteiger partial charge on any atom is -0.341 e. The predicted molar refractivity (Wildman–Crippen MR) is 53.0 cm³/mol. The predicted octanol–water partition coefficient (Wildman–Crippen LogP) is 1.93. The molecule has 66 valence electrons. The Bertz CT molecular complexity index is 253. The van der Waals surface area contributed by atoms with E-state index >= 15 is 0 Å². The zero-order valence-corrected chi connectivity index (χ0v) is 8.89. The summed E-state index contributed by atoms with van der Waals surface area (Å²) in [7, 11) is 1.81. The number of carbonyl (C=O) groups excluding carboxylic acids is 1. The number of hydrogen-bond donors (Lipinski definition) is 0. The van der Waals surface area contributed by atoms with Crippen molar-refractivity contribution in [1.82, 2.24) is 4.90 Å². The van der Waals surface area contributed by atoms with Crippen LogP contribution in [0.4, 0.5) is 0 Å². The molecule has 0 aromatic heterocycles. The number of rotatable bonds is 1. The third kappa shape index (κ3) is 1.46. The van der Waals surface area contributed by atoms with Crippen molar-refractivity contribution in [3.63, 3.8) is 0 Å². The fourth-order valence-corrected chi connectivity index (χ4v) is 1.89. The van der Waals surface area contributed by atoms with E-state index in [0.717, 1.165) is 16.6 Å². The molecule has 3 heteroatoms. The van der Waals surface area contributed by atoms with Crippen LogP contribution >= 0.6 is 15.9 Å². The number of carbonyl (C=O) groups is 1. The van der Waals surface area contributed by atoms with Gasteiger partial charge in [0, 0.05) is 29.6 Å². The van der Waals surface area contributed by atoms with Crippen LogP contribution in [-0.4, -0.2) is 24.4 Å². The first-order chi connectivity index (χ1) is 5.57. The highest BCUT2D eigenvalue weighted by Gasteiger charge is 2.31. The average molecular weight is 230 g/mol. The van der Waals surface area contributed by atoms with Crippen LogP contribution in [0.15, 0.2) is 22.7 Å². The first-order valence-corrected chi connectivity index (χ1v) is 4.61. The van der Waals surface area contributed by atoms with E-state index in [-0.39, 0.29) is 11.8 Å². The van der Waals surface area contributed by atoms with Crippen LogP contribution in [0, 0.1) is 5.92 Å². The maximum atomic E-state index is 11.5. The Hall–Kier alpha value is -0.570. The highest BCUT2D eigenvalue weighted by Crippen LogP contribution is 2.28. The fraction of sp³-hybridized carbons (Fsp3) is 0.444. The maximum absolute atomic E-state index is 11.5. The van der Waals surface area contributed by atoms with Crippen molar-refractivity contribution in [2.45, 2.75) is 6.92 Å². The second-order valence-corrected chi connectivity index (χ2v) is 4.16. The van der Waals surface area contributed by atoms with Crippen LogP contribution in [0.2, 0.25) is 0 Å². The van der Waals surface area contributed by atoms with Crippen molar-refractivity contribution in [3.8, 4) is 0 Å². The molecular formula is C9H12BrNO. The molecular weight excluding hydrogens is 218 g/mol. The largest absolute Gasteiger partial charge is 0.341 e. The lowest BCUT2D eigenvalue weighted by atomic mass is 10.0. The molecule has 0 radical (unpaired) electrons. The Balaban J connectivity index is 3.05. The van der Waals surface area contributed by atoms with Crippen molar-refractivity contribution in [3.05, 3.63) is 22.7 Å². The van der Waals surface area contributed by atoms with E-state index in [1.54, 1.807) is 4.90 Å². The maximum Gasteiger partial charge on any atom is 0.251 e. The Morgan fingerprint density at radius 3 is 2.75 bits per heavy atom. The highest BCUT2D eigenvalue weighted by molar-refractivity contribution is 9.11. The van der Waals surface area contributed by atoms with Crippen molar-refractivity contribution >= 4 is 21.8 Å². The first-order valence-electron chi connectivity index (χ1n) is 3.82. The summed E-state index contributed by atoms with van der Waals surface area (Å²) < 4.78 is 0.918. The molecule has 1 rings (SSSR count). The van der Waals surface area contributed by atoms with Gasteiger partial charge < -0.3 is 4.90 Å². The van der Waals surface area contributed by atoms with Gasteiger partial charge in [0.25, 0.3) is 5.91 Å². The summed E-state index contributed by atoms with van der Waals surface area (Å²) in [5.74, 6) is 0.288. The number of hydrogen-bond acceptors (Lipinski definition) is 1. The molecule has 2 nitrogen and oxygen atoms in total. The number of nitrogens with zero attached hydrogens (tertiary/aromatic N) is 1.